The van der Waals surface area contributed by atoms with Crippen LogP contribution in [0.4, 0.5) is 0 Å². The fourth-order valence-corrected chi connectivity index (χ4v) is 1.67. The lowest BCUT2D eigenvalue weighted by molar-refractivity contribution is -0.0122. The zero-order valence-electron chi connectivity index (χ0n) is 10.2. The van der Waals surface area contributed by atoms with Gasteiger partial charge in [-0.1, -0.05) is 30.1 Å². The minimum Gasteiger partial charge on any atom is -0.367 e. The minimum absolute atomic E-state index is 0.0300. The van der Waals surface area contributed by atoms with Crippen LogP contribution in [0.25, 0.3) is 0 Å². The highest BCUT2D eigenvalue weighted by Gasteiger charge is 2.19. The Kier molecular flexibility index (Phi) is 4.99. The van der Waals surface area contributed by atoms with Crippen LogP contribution in [0.15, 0.2) is 18.2 Å². The third kappa shape index (κ3) is 4.30. The molecular weight excluding hydrogens is 259 g/mol. The summed E-state index contributed by atoms with van der Waals surface area (Å²) in [6, 6.07) is 4.82. The summed E-state index contributed by atoms with van der Waals surface area (Å²) in [5.41, 5.74) is 0.150. The molecule has 0 radical (unpaired) electrons. The molecule has 0 bridgehead atoms. The second-order valence-corrected chi connectivity index (χ2v) is 5.29. The van der Waals surface area contributed by atoms with Crippen molar-refractivity contribution in [2.75, 3.05) is 6.61 Å². The molecule has 0 aliphatic rings. The van der Waals surface area contributed by atoms with Crippen molar-refractivity contribution < 1.29 is 9.53 Å². The molecular formula is C13H16Cl2O2. The lowest BCUT2D eigenvalue weighted by Crippen LogP contribution is -2.26. The van der Waals surface area contributed by atoms with Gasteiger partial charge in [-0.2, -0.15) is 0 Å². The lowest BCUT2D eigenvalue weighted by atomic mass is 10.1. The summed E-state index contributed by atoms with van der Waals surface area (Å²) in [6.45, 7) is 5.94. The number of ether oxygens (including phenoxy) is 1. The van der Waals surface area contributed by atoms with Crippen LogP contribution < -0.4 is 0 Å². The van der Waals surface area contributed by atoms with Crippen LogP contribution in [0.5, 0.6) is 0 Å². The first-order chi connectivity index (χ1) is 7.85. The Hall–Kier alpha value is -0.570. The quantitative estimate of drug-likeness (QED) is 0.745. The largest absolute Gasteiger partial charge is 0.367 e. The van der Waals surface area contributed by atoms with Crippen molar-refractivity contribution in [1.29, 1.82) is 0 Å². The van der Waals surface area contributed by atoms with Gasteiger partial charge >= 0.3 is 0 Å². The average molecular weight is 275 g/mol. The standard InChI is InChI=1S/C13H16Cl2O2/c1-4-13(2,3)17-8-12(16)10-6-5-9(14)7-11(10)15/h5-7H,4,8H2,1-3H3. The summed E-state index contributed by atoms with van der Waals surface area (Å²) in [7, 11) is 0. The van der Waals surface area contributed by atoms with E-state index in [1.54, 1.807) is 18.2 Å². The SMILES string of the molecule is CCC(C)(C)OCC(=O)c1ccc(Cl)cc1Cl. The highest BCUT2D eigenvalue weighted by molar-refractivity contribution is 6.36. The first kappa shape index (κ1) is 14.5. The molecule has 17 heavy (non-hydrogen) atoms. The molecule has 94 valence electrons. The summed E-state index contributed by atoms with van der Waals surface area (Å²) in [5.74, 6) is -0.131. The molecule has 4 heteroatoms. The fourth-order valence-electron chi connectivity index (χ4n) is 1.16. The Labute approximate surface area is 112 Å². The molecule has 0 saturated carbocycles. The Morgan fingerprint density at radius 3 is 2.53 bits per heavy atom. The molecule has 1 aromatic rings. The van der Waals surface area contributed by atoms with Gasteiger partial charge in [0.15, 0.2) is 5.78 Å². The van der Waals surface area contributed by atoms with E-state index in [-0.39, 0.29) is 18.0 Å². The third-order valence-corrected chi connectivity index (χ3v) is 3.22. The maximum absolute atomic E-state index is 11.9. The van der Waals surface area contributed by atoms with Crippen LogP contribution in [-0.2, 0) is 4.74 Å². The van der Waals surface area contributed by atoms with E-state index in [2.05, 4.69) is 0 Å². The number of benzene rings is 1. The molecule has 1 rings (SSSR count). The molecule has 0 heterocycles. The van der Waals surface area contributed by atoms with Crippen molar-refractivity contribution in [1.82, 2.24) is 0 Å². The number of rotatable bonds is 5. The van der Waals surface area contributed by atoms with Crippen LogP contribution in [0, 0.1) is 0 Å². The molecule has 0 aromatic heterocycles. The predicted molar refractivity (Wildman–Crippen MR) is 71.1 cm³/mol. The number of hydrogen-bond donors (Lipinski definition) is 0. The minimum atomic E-state index is -0.297. The van der Waals surface area contributed by atoms with E-state index in [9.17, 15) is 4.79 Å². The summed E-state index contributed by atoms with van der Waals surface area (Å²) < 4.78 is 5.54. The number of ketones is 1. The molecule has 0 amide bonds. The number of carbonyl (C=O) groups is 1. The Morgan fingerprint density at radius 2 is 2.00 bits per heavy atom. The topological polar surface area (TPSA) is 26.3 Å². The van der Waals surface area contributed by atoms with Crippen molar-refractivity contribution in [2.45, 2.75) is 32.8 Å². The number of hydrogen-bond acceptors (Lipinski definition) is 2. The van der Waals surface area contributed by atoms with Gasteiger partial charge in [-0.25, -0.2) is 0 Å². The predicted octanol–water partition coefficient (Wildman–Crippen LogP) is 4.38. The zero-order chi connectivity index (χ0) is 13.1. The van der Waals surface area contributed by atoms with Crippen molar-refractivity contribution in [3.63, 3.8) is 0 Å². The number of Topliss-reactive ketones (excluding diaryl/α,β-unsaturated/α-hetero) is 1. The van der Waals surface area contributed by atoms with E-state index >= 15 is 0 Å². The Balaban J connectivity index is 2.71. The summed E-state index contributed by atoms with van der Waals surface area (Å²) >= 11 is 11.7. The maximum atomic E-state index is 11.9. The van der Waals surface area contributed by atoms with Gasteiger partial charge in [-0.05, 0) is 38.5 Å². The second-order valence-electron chi connectivity index (χ2n) is 4.45. The van der Waals surface area contributed by atoms with E-state index in [1.165, 1.54) is 0 Å². The van der Waals surface area contributed by atoms with Crippen molar-refractivity contribution in [3.8, 4) is 0 Å². The highest BCUT2D eigenvalue weighted by atomic mass is 35.5. The molecule has 0 aliphatic heterocycles. The van der Waals surface area contributed by atoms with E-state index in [4.69, 9.17) is 27.9 Å². The lowest BCUT2D eigenvalue weighted by Gasteiger charge is -2.23. The summed E-state index contributed by atoms with van der Waals surface area (Å²) in [5, 5.41) is 0.877. The van der Waals surface area contributed by atoms with Crippen LogP contribution in [0.1, 0.15) is 37.6 Å². The fraction of sp³-hybridized carbons (Fsp3) is 0.462. The maximum Gasteiger partial charge on any atom is 0.189 e. The van der Waals surface area contributed by atoms with Gasteiger partial charge in [0.25, 0.3) is 0 Å². The molecule has 1 aromatic carbocycles. The van der Waals surface area contributed by atoms with Gasteiger partial charge in [0.1, 0.15) is 6.61 Å². The Morgan fingerprint density at radius 1 is 1.35 bits per heavy atom. The monoisotopic (exact) mass is 274 g/mol. The first-order valence-electron chi connectivity index (χ1n) is 5.48. The molecule has 0 fully saturated rings. The molecule has 0 unspecified atom stereocenters. The molecule has 0 atom stereocenters. The van der Waals surface area contributed by atoms with Gasteiger partial charge in [0, 0.05) is 10.6 Å². The zero-order valence-corrected chi connectivity index (χ0v) is 11.7. The van der Waals surface area contributed by atoms with E-state index in [1.807, 2.05) is 20.8 Å². The highest BCUT2D eigenvalue weighted by Crippen LogP contribution is 2.22. The van der Waals surface area contributed by atoms with E-state index in [0.717, 1.165) is 6.42 Å². The van der Waals surface area contributed by atoms with Crippen LogP contribution >= 0.6 is 23.2 Å². The van der Waals surface area contributed by atoms with Crippen molar-refractivity contribution in [3.05, 3.63) is 33.8 Å². The normalized spacial score (nSPS) is 11.6. The number of carbonyl (C=O) groups excluding carboxylic acids is 1. The van der Waals surface area contributed by atoms with Gasteiger partial charge in [0.05, 0.1) is 10.6 Å². The van der Waals surface area contributed by atoms with Gasteiger partial charge in [-0.15, -0.1) is 0 Å². The average Bonchev–Trinajstić information content (AvgIpc) is 2.26. The molecule has 2 nitrogen and oxygen atoms in total. The van der Waals surface area contributed by atoms with Crippen LogP contribution in [-0.4, -0.2) is 18.0 Å². The first-order valence-corrected chi connectivity index (χ1v) is 6.23. The molecule has 0 N–H and O–H groups in total. The van der Waals surface area contributed by atoms with Crippen LogP contribution in [0.3, 0.4) is 0 Å². The smallest absolute Gasteiger partial charge is 0.189 e. The molecule has 0 aliphatic carbocycles. The third-order valence-electron chi connectivity index (χ3n) is 2.68. The van der Waals surface area contributed by atoms with Crippen molar-refractivity contribution >= 4 is 29.0 Å². The molecule has 0 spiro atoms. The van der Waals surface area contributed by atoms with Crippen LogP contribution in [0.2, 0.25) is 10.0 Å². The second kappa shape index (κ2) is 5.85. The van der Waals surface area contributed by atoms with Gasteiger partial charge < -0.3 is 4.74 Å². The number of halogens is 2. The van der Waals surface area contributed by atoms with Crippen molar-refractivity contribution in [2.24, 2.45) is 0 Å². The van der Waals surface area contributed by atoms with Gasteiger partial charge in [0.2, 0.25) is 0 Å². The molecule has 0 saturated heterocycles. The Bertz CT molecular complexity index is 414. The van der Waals surface area contributed by atoms with Gasteiger partial charge in [-0.3, -0.25) is 4.79 Å². The summed E-state index contributed by atoms with van der Waals surface area (Å²) in [6.07, 6.45) is 0.842. The summed E-state index contributed by atoms with van der Waals surface area (Å²) in [4.78, 5) is 11.9. The van der Waals surface area contributed by atoms with E-state index in [0.29, 0.717) is 15.6 Å². The van der Waals surface area contributed by atoms with E-state index < -0.39 is 0 Å².